The molecule has 0 N–H and O–H groups in total. The molecule has 14 heavy (non-hydrogen) atoms. The molecule has 0 aliphatic carbocycles. The second-order valence-electron chi connectivity index (χ2n) is 4.23. The third-order valence-electron chi connectivity index (χ3n) is 2.70. The van der Waals surface area contributed by atoms with E-state index in [1.165, 1.54) is 0 Å². The molecule has 0 radical (unpaired) electrons. The van der Waals surface area contributed by atoms with E-state index < -0.39 is 8.80 Å². The van der Waals surface area contributed by atoms with Gasteiger partial charge < -0.3 is 13.3 Å². The van der Waals surface area contributed by atoms with Crippen molar-refractivity contribution in [1.29, 1.82) is 0 Å². The van der Waals surface area contributed by atoms with Crippen LogP contribution in [0.25, 0.3) is 0 Å². The Bertz CT molecular complexity index is 139. The summed E-state index contributed by atoms with van der Waals surface area (Å²) in [6, 6.07) is 0. The van der Waals surface area contributed by atoms with Gasteiger partial charge in [0.2, 0.25) is 0 Å². The fourth-order valence-corrected chi connectivity index (χ4v) is 5.19. The van der Waals surface area contributed by atoms with Crippen LogP contribution in [-0.2, 0) is 13.3 Å². The van der Waals surface area contributed by atoms with Gasteiger partial charge in [0.1, 0.15) is 0 Å². The van der Waals surface area contributed by atoms with Crippen molar-refractivity contribution in [2.75, 3.05) is 21.3 Å². The molecule has 0 saturated heterocycles. The lowest BCUT2D eigenvalue weighted by atomic mass is 10.00. The fraction of sp³-hybridized carbons (Fsp3) is 1.00. The predicted molar refractivity (Wildman–Crippen MR) is 60.2 cm³/mol. The summed E-state index contributed by atoms with van der Waals surface area (Å²) >= 11 is 0. The van der Waals surface area contributed by atoms with Crippen LogP contribution >= 0.6 is 0 Å². The quantitative estimate of drug-likeness (QED) is 0.644. The largest absolute Gasteiger partial charge is 0.503 e. The molecule has 0 unspecified atom stereocenters. The van der Waals surface area contributed by atoms with Gasteiger partial charge in [-0.1, -0.05) is 27.7 Å². The first-order chi connectivity index (χ1) is 6.45. The van der Waals surface area contributed by atoms with Crippen molar-refractivity contribution < 1.29 is 13.3 Å². The highest BCUT2D eigenvalue weighted by Crippen LogP contribution is 2.37. The van der Waals surface area contributed by atoms with Gasteiger partial charge in [-0.05, 0) is 11.8 Å². The zero-order valence-corrected chi connectivity index (χ0v) is 11.5. The minimum Gasteiger partial charge on any atom is -0.377 e. The average molecular weight is 220 g/mol. The maximum absolute atomic E-state index is 5.52. The van der Waals surface area contributed by atoms with E-state index in [4.69, 9.17) is 13.3 Å². The van der Waals surface area contributed by atoms with E-state index in [1.54, 1.807) is 21.3 Å². The SMILES string of the molecule is CO[Si](OC)(OC)C(C(C)C)C(C)C. The van der Waals surface area contributed by atoms with Crippen molar-refractivity contribution in [2.24, 2.45) is 11.8 Å². The molecule has 0 aromatic rings. The lowest BCUT2D eigenvalue weighted by Gasteiger charge is -2.37. The maximum atomic E-state index is 5.52. The first kappa shape index (κ1) is 14.1. The van der Waals surface area contributed by atoms with Gasteiger partial charge in [-0.3, -0.25) is 0 Å². The number of hydrogen-bond acceptors (Lipinski definition) is 3. The molecular formula is C10H24O3Si. The molecule has 0 aliphatic rings. The summed E-state index contributed by atoms with van der Waals surface area (Å²) in [6.45, 7) is 8.74. The molecule has 0 fully saturated rings. The molecular weight excluding hydrogens is 196 g/mol. The van der Waals surface area contributed by atoms with Crippen LogP contribution in [0.2, 0.25) is 5.54 Å². The molecule has 0 rings (SSSR count). The zero-order chi connectivity index (χ0) is 11.4. The van der Waals surface area contributed by atoms with Crippen molar-refractivity contribution in [3.8, 4) is 0 Å². The Morgan fingerprint density at radius 2 is 1.00 bits per heavy atom. The molecule has 0 aromatic carbocycles. The Morgan fingerprint density at radius 1 is 0.714 bits per heavy atom. The highest BCUT2D eigenvalue weighted by Gasteiger charge is 2.49. The second kappa shape index (κ2) is 5.85. The van der Waals surface area contributed by atoms with E-state index in [0.717, 1.165) is 0 Å². The molecule has 0 aliphatic heterocycles. The van der Waals surface area contributed by atoms with Crippen LogP contribution < -0.4 is 0 Å². The zero-order valence-electron chi connectivity index (χ0n) is 10.5. The van der Waals surface area contributed by atoms with Crippen LogP contribution in [0, 0.1) is 11.8 Å². The van der Waals surface area contributed by atoms with Crippen LogP contribution in [0.4, 0.5) is 0 Å². The van der Waals surface area contributed by atoms with E-state index in [9.17, 15) is 0 Å². The summed E-state index contributed by atoms with van der Waals surface area (Å²) in [6.07, 6.45) is 0. The van der Waals surface area contributed by atoms with Gasteiger partial charge in [-0.25, -0.2) is 0 Å². The Hall–Kier alpha value is 0.0969. The van der Waals surface area contributed by atoms with E-state index in [-0.39, 0.29) is 0 Å². The van der Waals surface area contributed by atoms with Gasteiger partial charge in [0.25, 0.3) is 0 Å². The van der Waals surface area contributed by atoms with Gasteiger partial charge in [-0.2, -0.15) is 0 Å². The molecule has 4 heteroatoms. The van der Waals surface area contributed by atoms with E-state index in [2.05, 4.69) is 27.7 Å². The Labute approximate surface area is 89.1 Å². The van der Waals surface area contributed by atoms with Gasteiger partial charge in [0.15, 0.2) is 0 Å². The summed E-state index contributed by atoms with van der Waals surface area (Å²) in [7, 11) is 2.56. The highest BCUT2D eigenvalue weighted by atomic mass is 28.4. The Morgan fingerprint density at radius 3 is 1.07 bits per heavy atom. The van der Waals surface area contributed by atoms with Crippen LogP contribution in [0.15, 0.2) is 0 Å². The van der Waals surface area contributed by atoms with E-state index in [1.807, 2.05) is 0 Å². The molecule has 0 amide bonds. The molecule has 3 nitrogen and oxygen atoms in total. The monoisotopic (exact) mass is 220 g/mol. The summed E-state index contributed by atoms with van der Waals surface area (Å²) in [5, 5.41) is 0. The summed E-state index contributed by atoms with van der Waals surface area (Å²) < 4.78 is 16.5. The van der Waals surface area contributed by atoms with Crippen LogP contribution in [-0.4, -0.2) is 30.1 Å². The first-order valence-corrected chi connectivity index (χ1v) is 6.90. The van der Waals surface area contributed by atoms with Gasteiger partial charge >= 0.3 is 8.80 Å². The lowest BCUT2D eigenvalue weighted by Crippen LogP contribution is -2.51. The third-order valence-corrected chi connectivity index (χ3v) is 6.56. The summed E-state index contributed by atoms with van der Waals surface area (Å²) in [4.78, 5) is 0. The second-order valence-corrected chi connectivity index (χ2v) is 7.33. The predicted octanol–water partition coefficient (Wildman–Crippen LogP) is 2.55. The van der Waals surface area contributed by atoms with Crippen molar-refractivity contribution in [3.63, 3.8) is 0 Å². The van der Waals surface area contributed by atoms with E-state index in [0.29, 0.717) is 17.4 Å². The standard InChI is InChI=1S/C10H24O3Si/c1-8(2)10(9(3)4)14(11-5,12-6)13-7/h8-10H,1-7H3. The third kappa shape index (κ3) is 2.79. The summed E-state index contributed by atoms with van der Waals surface area (Å²) in [5.74, 6) is 1.00. The van der Waals surface area contributed by atoms with Crippen molar-refractivity contribution in [3.05, 3.63) is 0 Å². The fourth-order valence-electron chi connectivity index (χ4n) is 2.24. The van der Waals surface area contributed by atoms with Gasteiger partial charge in [-0.15, -0.1) is 0 Å². The topological polar surface area (TPSA) is 27.7 Å². The van der Waals surface area contributed by atoms with Crippen molar-refractivity contribution in [2.45, 2.75) is 33.2 Å². The van der Waals surface area contributed by atoms with Gasteiger partial charge in [0.05, 0.1) is 0 Å². The molecule has 0 atom stereocenters. The average Bonchev–Trinajstić information content (AvgIpc) is 2.12. The van der Waals surface area contributed by atoms with Gasteiger partial charge in [0, 0.05) is 26.9 Å². The first-order valence-electron chi connectivity index (χ1n) is 5.10. The Balaban J connectivity index is 4.90. The minimum atomic E-state index is -2.47. The van der Waals surface area contributed by atoms with Crippen LogP contribution in [0.1, 0.15) is 27.7 Å². The number of rotatable bonds is 6. The maximum Gasteiger partial charge on any atom is 0.503 e. The summed E-state index contributed by atoms with van der Waals surface area (Å²) in [5.41, 5.74) is 0.350. The normalized spacial score (nSPS) is 13.3. The van der Waals surface area contributed by atoms with Crippen molar-refractivity contribution in [1.82, 2.24) is 0 Å². The molecule has 0 saturated carbocycles. The van der Waals surface area contributed by atoms with Crippen molar-refractivity contribution >= 4 is 8.80 Å². The molecule has 0 spiro atoms. The highest BCUT2D eigenvalue weighted by molar-refractivity contribution is 6.62. The molecule has 0 heterocycles. The minimum absolute atomic E-state index is 0.350. The smallest absolute Gasteiger partial charge is 0.377 e. The van der Waals surface area contributed by atoms with E-state index >= 15 is 0 Å². The van der Waals surface area contributed by atoms with Crippen LogP contribution in [0.5, 0.6) is 0 Å². The lowest BCUT2D eigenvalue weighted by molar-refractivity contribution is 0.0950. The molecule has 0 bridgehead atoms. The van der Waals surface area contributed by atoms with Crippen LogP contribution in [0.3, 0.4) is 0 Å². The number of hydrogen-bond donors (Lipinski definition) is 0. The molecule has 86 valence electrons. The molecule has 0 aromatic heterocycles. The Kier molecular flexibility index (Phi) is 5.89.